The number of para-hydroxylation sites is 1. The van der Waals surface area contributed by atoms with Crippen LogP contribution in [0.1, 0.15) is 54.7 Å². The van der Waals surface area contributed by atoms with Crippen molar-refractivity contribution in [3.8, 4) is 0 Å². The van der Waals surface area contributed by atoms with Crippen LogP contribution in [0.2, 0.25) is 0 Å². The van der Waals surface area contributed by atoms with Gasteiger partial charge in [-0.1, -0.05) is 48.1 Å². The molecule has 40 heavy (non-hydrogen) atoms. The molecule has 0 saturated heterocycles. The number of carbonyl (C=O) groups excluding carboxylic acids is 1. The van der Waals surface area contributed by atoms with Gasteiger partial charge in [-0.2, -0.15) is 4.57 Å². The van der Waals surface area contributed by atoms with Crippen LogP contribution in [0.5, 0.6) is 0 Å². The molecule has 0 N–H and O–H groups in total. The largest absolute Gasteiger partial charge is 1.00 e. The second-order valence-corrected chi connectivity index (χ2v) is 12.3. The molecule has 198 valence electrons. The van der Waals surface area contributed by atoms with E-state index in [1.807, 2.05) is 18.2 Å². The Kier molecular flexibility index (Phi) is 9.23. The number of carboxylic acid groups (broad SMARTS) is 1. The average Bonchev–Trinajstić information content (AvgIpc) is 3.63. The van der Waals surface area contributed by atoms with Gasteiger partial charge < -0.3 is 14.8 Å². The number of aromatic nitrogens is 1. The predicted molar refractivity (Wildman–Crippen MR) is 162 cm³/mol. The van der Waals surface area contributed by atoms with Crippen LogP contribution in [0, 0.1) is 0 Å². The summed E-state index contributed by atoms with van der Waals surface area (Å²) in [5.41, 5.74) is 7.52. The number of nitrogens with zero attached hydrogens (tertiary/aromatic N) is 2. The number of fused-ring (bicyclic) bond motifs is 4. The minimum absolute atomic E-state index is 0. The van der Waals surface area contributed by atoms with Gasteiger partial charge in [0.05, 0.1) is 0 Å². The summed E-state index contributed by atoms with van der Waals surface area (Å²) in [7, 11) is 0. The van der Waals surface area contributed by atoms with Gasteiger partial charge in [0.15, 0.2) is 6.54 Å². The van der Waals surface area contributed by atoms with E-state index in [-0.39, 0.29) is 36.0 Å². The minimum Gasteiger partial charge on any atom is -0.550 e. The molecule has 1 aliphatic carbocycles. The Balaban J connectivity index is 0.00000323. The van der Waals surface area contributed by atoms with E-state index in [1.54, 1.807) is 23.1 Å². The fourth-order valence-corrected chi connectivity index (χ4v) is 7.73. The normalized spacial score (nSPS) is 18.2. The van der Waals surface area contributed by atoms with Gasteiger partial charge in [-0.3, -0.25) is 0 Å². The summed E-state index contributed by atoms with van der Waals surface area (Å²) in [4.78, 5) is 15.0. The van der Waals surface area contributed by atoms with Crippen molar-refractivity contribution in [3.05, 3.63) is 94.5 Å². The number of thioether (sulfide) groups is 1. The fourth-order valence-electron chi connectivity index (χ4n) is 6.12. The van der Waals surface area contributed by atoms with Crippen molar-refractivity contribution in [2.45, 2.75) is 56.0 Å². The van der Waals surface area contributed by atoms with Crippen LogP contribution in [0.4, 0.5) is 11.4 Å². The molecule has 1 saturated carbocycles. The maximum atomic E-state index is 11.1. The van der Waals surface area contributed by atoms with E-state index in [1.165, 1.54) is 46.7 Å². The number of thiazole rings is 1. The first-order valence-electron chi connectivity index (χ1n) is 13.6. The molecule has 2 unspecified atom stereocenters. The van der Waals surface area contributed by atoms with Gasteiger partial charge in [-0.15, -0.1) is 11.8 Å². The zero-order valence-corrected chi connectivity index (χ0v) is 26.9. The third-order valence-corrected chi connectivity index (χ3v) is 9.79. The number of hydrogen-bond donors (Lipinski definition) is 0. The van der Waals surface area contributed by atoms with Gasteiger partial charge in [-0.25, -0.2) is 0 Å². The van der Waals surface area contributed by atoms with Gasteiger partial charge >= 0.3 is 29.6 Å². The summed E-state index contributed by atoms with van der Waals surface area (Å²) >= 11 is 3.47. The SMILES string of the molecule is CSc1ccc(N2c3ccc(/C=C\C(C)=C\c4sc5ccccc5[n+]4CCC(=O)[O-])cc3C3CCCC32)cc1.[Na+]. The van der Waals surface area contributed by atoms with Crippen molar-refractivity contribution < 1.29 is 44.0 Å². The van der Waals surface area contributed by atoms with Gasteiger partial charge in [0.1, 0.15) is 4.70 Å². The van der Waals surface area contributed by atoms with Crippen LogP contribution in [0.25, 0.3) is 22.4 Å². The number of allylic oxidation sites excluding steroid dienone is 2. The summed E-state index contributed by atoms with van der Waals surface area (Å²) in [6.45, 7) is 2.50. The number of benzene rings is 3. The first-order valence-corrected chi connectivity index (χ1v) is 15.6. The molecule has 2 heterocycles. The minimum atomic E-state index is -1.03. The average molecular weight is 576 g/mol. The fraction of sp³-hybridized carbons (Fsp3) is 0.273. The molecule has 6 rings (SSSR count). The summed E-state index contributed by atoms with van der Waals surface area (Å²) in [5.74, 6) is -0.438. The number of rotatable bonds is 8. The van der Waals surface area contributed by atoms with Gasteiger partial charge in [0, 0.05) is 52.8 Å². The molecule has 0 amide bonds. The Morgan fingerprint density at radius 1 is 1.12 bits per heavy atom. The molecule has 0 bridgehead atoms. The Bertz CT molecular complexity index is 1590. The molecule has 7 heteroatoms. The number of hydrogen-bond acceptors (Lipinski definition) is 5. The molecule has 1 fully saturated rings. The van der Waals surface area contributed by atoms with Crippen LogP contribution >= 0.6 is 23.1 Å². The van der Waals surface area contributed by atoms with Crippen molar-refractivity contribution in [1.29, 1.82) is 0 Å². The molecule has 0 spiro atoms. The number of anilines is 2. The zero-order chi connectivity index (χ0) is 26.9. The number of carbonyl (C=O) groups is 1. The predicted octanol–water partition coefficient (Wildman–Crippen LogP) is 3.96. The first-order chi connectivity index (χ1) is 19.0. The number of aryl methyl sites for hydroxylation is 1. The molecule has 3 aromatic carbocycles. The summed E-state index contributed by atoms with van der Waals surface area (Å²) in [6, 6.07) is 24.6. The quantitative estimate of drug-likeness (QED) is 0.138. The topological polar surface area (TPSA) is 47.2 Å². The summed E-state index contributed by atoms with van der Waals surface area (Å²) in [6.07, 6.45) is 12.4. The summed E-state index contributed by atoms with van der Waals surface area (Å²) < 4.78 is 3.24. The zero-order valence-electron chi connectivity index (χ0n) is 23.3. The second-order valence-electron chi connectivity index (χ2n) is 10.4. The van der Waals surface area contributed by atoms with Crippen molar-refractivity contribution in [1.82, 2.24) is 0 Å². The monoisotopic (exact) mass is 575 g/mol. The third-order valence-electron chi connectivity index (χ3n) is 7.94. The molecule has 4 nitrogen and oxygen atoms in total. The van der Waals surface area contributed by atoms with E-state index in [2.05, 4.69) is 89.4 Å². The van der Waals surface area contributed by atoms with Gasteiger partial charge in [0.25, 0.3) is 5.01 Å². The van der Waals surface area contributed by atoms with Gasteiger partial charge in [-0.05, 0) is 85.2 Å². The van der Waals surface area contributed by atoms with Crippen LogP contribution in [0.15, 0.2) is 83.3 Å². The van der Waals surface area contributed by atoms with Crippen molar-refractivity contribution in [2.24, 2.45) is 0 Å². The van der Waals surface area contributed by atoms with E-state index in [0.29, 0.717) is 18.5 Å². The van der Waals surface area contributed by atoms with Crippen LogP contribution in [-0.4, -0.2) is 18.3 Å². The van der Waals surface area contributed by atoms with E-state index < -0.39 is 5.97 Å². The second kappa shape index (κ2) is 12.7. The molecular formula is C33H32N2NaO2S2+. The maximum Gasteiger partial charge on any atom is 1.00 e. The number of aliphatic carboxylic acids is 1. The Hall–Kier alpha value is -2.35. The maximum absolute atomic E-state index is 11.1. The van der Waals surface area contributed by atoms with E-state index in [0.717, 1.165) is 20.8 Å². The standard InChI is InChI=1S/C33H32N2O2S2.Na/c1-22(20-32-34(19-18-33(36)37)30-7-3-4-9-31(30)39-32)10-11-23-12-17-29-27(21-23)26-6-5-8-28(26)35(29)24-13-15-25(38-2)16-14-24;/h3-4,7,9-17,20-21,26,28H,5-6,8,18-19H2,1-2H3;/q;+1. The van der Waals surface area contributed by atoms with Crippen LogP contribution in [0.3, 0.4) is 0 Å². The van der Waals surface area contributed by atoms with E-state index in [4.69, 9.17) is 0 Å². The Morgan fingerprint density at radius 2 is 1.93 bits per heavy atom. The van der Waals surface area contributed by atoms with Crippen molar-refractivity contribution in [3.63, 3.8) is 0 Å². The molecule has 2 aliphatic rings. The molecular weight excluding hydrogens is 543 g/mol. The molecule has 0 radical (unpaired) electrons. The van der Waals surface area contributed by atoms with Crippen LogP contribution in [-0.2, 0) is 11.3 Å². The summed E-state index contributed by atoms with van der Waals surface area (Å²) in [5, 5.41) is 12.2. The molecule has 1 aromatic heterocycles. The smallest absolute Gasteiger partial charge is 0.550 e. The van der Waals surface area contributed by atoms with Crippen LogP contribution < -0.4 is 44.1 Å². The molecule has 4 aromatic rings. The first kappa shape index (κ1) is 29.2. The molecule has 2 atom stereocenters. The van der Waals surface area contributed by atoms with Gasteiger partial charge in [0.2, 0.25) is 5.52 Å². The Morgan fingerprint density at radius 3 is 2.70 bits per heavy atom. The molecule has 1 aliphatic heterocycles. The van der Waals surface area contributed by atoms with Crippen molar-refractivity contribution >= 4 is 62.8 Å². The van der Waals surface area contributed by atoms with E-state index in [9.17, 15) is 9.90 Å². The Labute approximate surface area is 266 Å². The van der Waals surface area contributed by atoms with Crippen molar-refractivity contribution in [2.75, 3.05) is 11.2 Å². The van der Waals surface area contributed by atoms with E-state index >= 15 is 0 Å². The number of carboxylic acids is 1. The third kappa shape index (κ3) is 5.83.